The summed E-state index contributed by atoms with van der Waals surface area (Å²) >= 11 is 0. The maximum atomic E-state index is 8.00. The lowest BCUT2D eigenvalue weighted by atomic mass is 9.79. The first-order valence-corrected chi connectivity index (χ1v) is 4.90. The molecule has 0 fully saturated rings. The molecule has 3 nitrogen and oxygen atoms in total. The second-order valence-electron chi connectivity index (χ2n) is 4.19. The van der Waals surface area contributed by atoms with Gasteiger partial charge in [0.15, 0.2) is 0 Å². The molecule has 0 aliphatic heterocycles. The maximum absolute atomic E-state index is 8.00. The van der Waals surface area contributed by atoms with Gasteiger partial charge in [-0.15, -0.1) is 0 Å². The van der Waals surface area contributed by atoms with E-state index in [1.807, 2.05) is 6.79 Å². The van der Waals surface area contributed by atoms with Crippen molar-refractivity contribution in [1.29, 1.82) is 0 Å². The summed E-state index contributed by atoms with van der Waals surface area (Å²) in [6.45, 7) is 8.65. The van der Waals surface area contributed by atoms with E-state index >= 15 is 0 Å². The number of hydrogen-bond acceptors (Lipinski definition) is 2. The summed E-state index contributed by atoms with van der Waals surface area (Å²) < 4.78 is 0. The zero-order valence-corrected chi connectivity index (χ0v) is 10.0. The molecule has 0 aromatic heterocycles. The summed E-state index contributed by atoms with van der Waals surface area (Å²) in [5.74, 6) is 0. The van der Waals surface area contributed by atoms with Gasteiger partial charge in [0.05, 0.1) is 6.34 Å². The Morgan fingerprint density at radius 2 is 2.07 bits per heavy atom. The third kappa shape index (κ3) is 4.11. The largest absolute Gasteiger partial charge is 0.350 e. The minimum atomic E-state index is 0.208. The monoisotopic (exact) mass is 208 g/mol. The van der Waals surface area contributed by atoms with Crippen molar-refractivity contribution in [3.8, 4) is 0 Å². The lowest BCUT2D eigenvalue weighted by Gasteiger charge is -2.30. The van der Waals surface area contributed by atoms with E-state index < -0.39 is 0 Å². The minimum absolute atomic E-state index is 0.208. The van der Waals surface area contributed by atoms with Crippen molar-refractivity contribution in [2.75, 3.05) is 7.05 Å². The fourth-order valence-electron chi connectivity index (χ4n) is 1.68. The van der Waals surface area contributed by atoms with Crippen molar-refractivity contribution in [3.63, 3.8) is 0 Å². The Morgan fingerprint density at radius 3 is 2.53 bits per heavy atom. The standard InChI is InChI=1S/C11H18N2.CH2O/c1-9-5-6-10(13-8-12-4)11(2,3)7-9;1-2/h5-6,8H,7H2,1-4H3,(H,12,13);1H2. The predicted molar refractivity (Wildman–Crippen MR) is 64.9 cm³/mol. The lowest BCUT2D eigenvalue weighted by molar-refractivity contribution is -0.0979. The Kier molecular flexibility index (Phi) is 5.60. The zero-order valence-electron chi connectivity index (χ0n) is 10.0. The van der Waals surface area contributed by atoms with Gasteiger partial charge in [-0.3, -0.25) is 4.99 Å². The SMILES string of the molecule is C=O.CN=CNC1=CC=C(C)CC1(C)C. The van der Waals surface area contributed by atoms with Crippen LogP contribution < -0.4 is 5.32 Å². The van der Waals surface area contributed by atoms with Crippen LogP contribution >= 0.6 is 0 Å². The number of nitrogens with one attached hydrogen (secondary N) is 1. The van der Waals surface area contributed by atoms with Crippen LogP contribution in [0.25, 0.3) is 0 Å². The molecule has 0 amide bonds. The van der Waals surface area contributed by atoms with Crippen LogP contribution in [0.1, 0.15) is 27.2 Å². The second kappa shape index (κ2) is 6.17. The van der Waals surface area contributed by atoms with Gasteiger partial charge in [0, 0.05) is 18.2 Å². The molecule has 0 spiro atoms. The van der Waals surface area contributed by atoms with Gasteiger partial charge in [0.2, 0.25) is 0 Å². The minimum Gasteiger partial charge on any atom is -0.350 e. The average molecular weight is 208 g/mol. The van der Waals surface area contributed by atoms with Gasteiger partial charge in [-0.05, 0) is 19.4 Å². The lowest BCUT2D eigenvalue weighted by Crippen LogP contribution is -2.27. The van der Waals surface area contributed by atoms with Gasteiger partial charge < -0.3 is 10.1 Å². The van der Waals surface area contributed by atoms with Gasteiger partial charge in [0.25, 0.3) is 0 Å². The van der Waals surface area contributed by atoms with Crippen molar-refractivity contribution in [1.82, 2.24) is 5.32 Å². The molecule has 1 aliphatic carbocycles. The van der Waals surface area contributed by atoms with Gasteiger partial charge in [0.1, 0.15) is 6.79 Å². The molecule has 1 rings (SSSR count). The topological polar surface area (TPSA) is 41.5 Å². The first-order chi connectivity index (χ1) is 7.06. The highest BCUT2D eigenvalue weighted by Crippen LogP contribution is 2.34. The Morgan fingerprint density at radius 1 is 1.47 bits per heavy atom. The predicted octanol–water partition coefficient (Wildman–Crippen LogP) is 2.31. The zero-order chi connectivity index (χ0) is 11.9. The number of carbonyl (C=O) groups is 1. The van der Waals surface area contributed by atoms with Crippen LogP contribution in [0.15, 0.2) is 28.4 Å². The first-order valence-electron chi connectivity index (χ1n) is 4.90. The quantitative estimate of drug-likeness (QED) is 0.559. The van der Waals surface area contributed by atoms with Crippen LogP contribution in [0.3, 0.4) is 0 Å². The third-order valence-corrected chi connectivity index (χ3v) is 2.33. The molecule has 0 saturated heterocycles. The molecule has 0 bridgehead atoms. The number of aliphatic imine (C=N–C) groups is 1. The van der Waals surface area contributed by atoms with E-state index in [9.17, 15) is 0 Å². The fraction of sp³-hybridized carbons (Fsp3) is 0.500. The highest BCUT2D eigenvalue weighted by atomic mass is 16.1. The molecule has 0 heterocycles. The Hall–Kier alpha value is -1.38. The van der Waals surface area contributed by atoms with Gasteiger partial charge in [-0.1, -0.05) is 25.5 Å². The molecule has 0 atom stereocenters. The van der Waals surface area contributed by atoms with Crippen molar-refractivity contribution >= 4 is 13.1 Å². The van der Waals surface area contributed by atoms with Crippen molar-refractivity contribution in [2.24, 2.45) is 10.4 Å². The summed E-state index contributed by atoms with van der Waals surface area (Å²) in [5.41, 5.74) is 2.88. The van der Waals surface area contributed by atoms with Crippen molar-refractivity contribution in [2.45, 2.75) is 27.2 Å². The molecule has 3 heteroatoms. The van der Waals surface area contributed by atoms with Crippen LogP contribution in [0.2, 0.25) is 0 Å². The Balaban J connectivity index is 0.000000921. The van der Waals surface area contributed by atoms with E-state index in [1.54, 1.807) is 13.4 Å². The molecule has 1 aliphatic rings. The van der Waals surface area contributed by atoms with Crippen LogP contribution in [-0.2, 0) is 4.79 Å². The number of allylic oxidation sites excluding steroid dienone is 4. The van der Waals surface area contributed by atoms with E-state index in [1.165, 1.54) is 11.3 Å². The van der Waals surface area contributed by atoms with Crippen molar-refractivity contribution < 1.29 is 4.79 Å². The molecule has 84 valence electrons. The Labute approximate surface area is 92.0 Å². The maximum Gasteiger partial charge on any atom is 0.106 e. The van der Waals surface area contributed by atoms with Gasteiger partial charge in [-0.25, -0.2) is 0 Å². The molecule has 0 aromatic rings. The Bertz CT molecular complexity index is 288. The van der Waals surface area contributed by atoms with Crippen molar-refractivity contribution in [3.05, 3.63) is 23.4 Å². The van der Waals surface area contributed by atoms with Crippen LogP contribution in [0, 0.1) is 5.41 Å². The van der Waals surface area contributed by atoms with E-state index in [-0.39, 0.29) is 5.41 Å². The molecular weight excluding hydrogens is 188 g/mol. The van der Waals surface area contributed by atoms with E-state index in [4.69, 9.17) is 4.79 Å². The summed E-state index contributed by atoms with van der Waals surface area (Å²) in [7, 11) is 1.77. The van der Waals surface area contributed by atoms with E-state index in [0.717, 1.165) is 6.42 Å². The van der Waals surface area contributed by atoms with E-state index in [2.05, 4.69) is 43.2 Å². The smallest absolute Gasteiger partial charge is 0.106 e. The highest BCUT2D eigenvalue weighted by molar-refractivity contribution is 5.58. The fourth-order valence-corrected chi connectivity index (χ4v) is 1.68. The van der Waals surface area contributed by atoms with E-state index in [0.29, 0.717) is 0 Å². The first kappa shape index (κ1) is 13.6. The molecule has 0 radical (unpaired) electrons. The number of carbonyl (C=O) groups excluding carboxylic acids is 1. The summed E-state index contributed by atoms with van der Waals surface area (Å²) in [6.07, 6.45) is 7.16. The summed E-state index contributed by atoms with van der Waals surface area (Å²) in [6, 6.07) is 0. The molecule has 0 saturated carbocycles. The molecule has 1 N–H and O–H groups in total. The summed E-state index contributed by atoms with van der Waals surface area (Å²) in [4.78, 5) is 11.9. The number of nitrogens with zero attached hydrogens (tertiary/aromatic N) is 1. The molecule has 0 aromatic carbocycles. The highest BCUT2D eigenvalue weighted by Gasteiger charge is 2.25. The summed E-state index contributed by atoms with van der Waals surface area (Å²) in [5, 5.41) is 3.21. The van der Waals surface area contributed by atoms with Gasteiger partial charge in [-0.2, -0.15) is 0 Å². The molecule has 15 heavy (non-hydrogen) atoms. The third-order valence-electron chi connectivity index (χ3n) is 2.33. The second-order valence-corrected chi connectivity index (χ2v) is 4.19. The van der Waals surface area contributed by atoms with Gasteiger partial charge >= 0.3 is 0 Å². The molecular formula is C12H20N2O. The number of rotatable bonds is 2. The van der Waals surface area contributed by atoms with Crippen LogP contribution in [0.4, 0.5) is 0 Å². The van der Waals surface area contributed by atoms with Crippen LogP contribution in [0.5, 0.6) is 0 Å². The molecule has 0 unspecified atom stereocenters. The van der Waals surface area contributed by atoms with Crippen LogP contribution in [-0.4, -0.2) is 20.2 Å². The average Bonchev–Trinajstić information content (AvgIpc) is 2.18. The normalized spacial score (nSPS) is 18.7. The number of hydrogen-bond donors (Lipinski definition) is 1.